The summed E-state index contributed by atoms with van der Waals surface area (Å²) in [6.45, 7) is 6.42. The van der Waals surface area contributed by atoms with Crippen LogP contribution in [0.15, 0.2) is 0 Å². The van der Waals surface area contributed by atoms with Crippen molar-refractivity contribution < 1.29 is 38.5 Å². The van der Waals surface area contributed by atoms with Gasteiger partial charge in [0.25, 0.3) is 0 Å². The molecule has 0 unspecified atom stereocenters. The minimum Gasteiger partial charge on any atom is -0.480 e. The highest BCUT2D eigenvalue weighted by molar-refractivity contribution is 7.59. The lowest BCUT2D eigenvalue weighted by Crippen LogP contribution is -2.29. The molecular formula is C37H73N3O8S. The Morgan fingerprint density at radius 3 is 1.43 bits per heavy atom. The number of carbonyl (C=O) groups is 4. The molecule has 0 aliphatic carbocycles. The monoisotopic (exact) mass is 720 g/mol. The molecule has 0 aromatic carbocycles. The lowest BCUT2D eigenvalue weighted by molar-refractivity contribution is -0.138. The normalized spacial score (nSPS) is 11.6. The van der Waals surface area contributed by atoms with Crippen molar-refractivity contribution in [1.29, 1.82) is 0 Å². The van der Waals surface area contributed by atoms with Crippen molar-refractivity contribution in [3.05, 3.63) is 0 Å². The van der Waals surface area contributed by atoms with Crippen molar-refractivity contribution in [2.75, 3.05) is 52.7 Å². The molecule has 0 rings (SSSR count). The van der Waals surface area contributed by atoms with Gasteiger partial charge in [0.1, 0.15) is 11.8 Å². The third-order valence-electron chi connectivity index (χ3n) is 8.25. The van der Waals surface area contributed by atoms with Gasteiger partial charge in [-0.2, -0.15) is 13.5 Å². The molecule has 0 radical (unpaired) electrons. The van der Waals surface area contributed by atoms with Crippen molar-refractivity contribution in [1.82, 2.24) is 10.6 Å². The highest BCUT2D eigenvalue weighted by atomic mass is 32.1. The van der Waals surface area contributed by atoms with Crippen molar-refractivity contribution in [3.63, 3.8) is 0 Å². The van der Waals surface area contributed by atoms with Crippen molar-refractivity contribution >= 4 is 37.1 Å². The number of carboxylic acids is 1. The van der Waals surface area contributed by atoms with E-state index in [0.29, 0.717) is 91.3 Å². The number of rotatable bonds is 38. The summed E-state index contributed by atoms with van der Waals surface area (Å²) in [5.41, 5.74) is 5.45. The van der Waals surface area contributed by atoms with Crippen LogP contribution in [0, 0.1) is 0 Å². The molecule has 11 nitrogen and oxygen atoms in total. The number of ether oxygens (including phenoxy) is 3. The van der Waals surface area contributed by atoms with Gasteiger partial charge in [-0.15, -0.1) is 0 Å². The first-order valence-corrected chi connectivity index (χ1v) is 19.1. The van der Waals surface area contributed by atoms with Crippen LogP contribution in [0.1, 0.15) is 155 Å². The molecule has 0 saturated heterocycles. The Balaban J connectivity index is 0. The van der Waals surface area contributed by atoms with Crippen LogP contribution in [0.5, 0.6) is 0 Å². The van der Waals surface area contributed by atoms with E-state index in [2.05, 4.69) is 17.6 Å². The van der Waals surface area contributed by atoms with E-state index in [9.17, 15) is 19.2 Å². The zero-order valence-electron chi connectivity index (χ0n) is 30.9. The minimum atomic E-state index is -1.00. The second kappa shape index (κ2) is 39.1. The number of aliphatic carboxylic acids is 1. The highest BCUT2D eigenvalue weighted by Gasteiger charge is 2.11. The van der Waals surface area contributed by atoms with Crippen LogP contribution in [0.4, 0.5) is 0 Å². The Kier molecular flexibility index (Phi) is 39.4. The van der Waals surface area contributed by atoms with Crippen LogP contribution >= 0.6 is 13.5 Å². The molecule has 49 heavy (non-hydrogen) atoms. The number of carboxylic acid groups (broad SMARTS) is 1. The Hall–Kier alpha value is -1.73. The molecule has 0 bridgehead atoms. The van der Waals surface area contributed by atoms with E-state index >= 15 is 0 Å². The van der Waals surface area contributed by atoms with Crippen LogP contribution in [0.25, 0.3) is 0 Å². The fraction of sp³-hybridized carbons (Fsp3) is 0.892. The molecule has 0 heterocycles. The maximum atomic E-state index is 12.0. The summed E-state index contributed by atoms with van der Waals surface area (Å²) in [6, 6.07) is -0.847. The average Bonchev–Trinajstić information content (AvgIpc) is 3.07. The van der Waals surface area contributed by atoms with Gasteiger partial charge in [0.2, 0.25) is 11.8 Å². The third-order valence-corrected chi connectivity index (χ3v) is 8.25. The second-order valence-corrected chi connectivity index (χ2v) is 12.8. The number of carbonyl (C=O) groups excluding carboxylic acids is 3. The summed E-state index contributed by atoms with van der Waals surface area (Å²) >= 11 is 0. The summed E-state index contributed by atoms with van der Waals surface area (Å²) in [6.07, 6.45) is 22.4. The van der Waals surface area contributed by atoms with E-state index in [4.69, 9.17) is 25.1 Å². The molecule has 12 heteroatoms. The van der Waals surface area contributed by atoms with Gasteiger partial charge < -0.3 is 35.7 Å². The Bertz CT molecular complexity index is 791. The largest absolute Gasteiger partial charge is 0.480 e. The first kappa shape index (κ1) is 49.4. The topological polar surface area (TPSA) is 166 Å². The zero-order valence-corrected chi connectivity index (χ0v) is 31.9. The number of Topliss-reactive ketones (excluding diaryl/α,β-unsaturated/α-hetero) is 1. The molecule has 2 amide bonds. The minimum absolute atomic E-state index is 0. The van der Waals surface area contributed by atoms with Gasteiger partial charge in [-0.05, 0) is 32.1 Å². The van der Waals surface area contributed by atoms with Crippen molar-refractivity contribution in [3.8, 4) is 0 Å². The molecule has 1 atom stereocenters. The third kappa shape index (κ3) is 38.9. The lowest BCUT2D eigenvalue weighted by Gasteiger charge is -2.08. The number of hydrogen-bond acceptors (Lipinski definition) is 8. The predicted octanol–water partition coefficient (Wildman–Crippen LogP) is 6.35. The molecule has 0 spiro atoms. The van der Waals surface area contributed by atoms with Crippen molar-refractivity contribution in [2.24, 2.45) is 5.73 Å². The van der Waals surface area contributed by atoms with Gasteiger partial charge in [0.15, 0.2) is 0 Å². The van der Waals surface area contributed by atoms with Gasteiger partial charge >= 0.3 is 5.97 Å². The number of unbranched alkanes of at least 4 members (excludes halogenated alkanes) is 14. The maximum Gasteiger partial charge on any atom is 0.320 e. The van der Waals surface area contributed by atoms with E-state index in [1.807, 2.05) is 0 Å². The van der Waals surface area contributed by atoms with Crippen LogP contribution in [0.3, 0.4) is 0 Å². The summed E-state index contributed by atoms with van der Waals surface area (Å²) in [4.78, 5) is 46.5. The van der Waals surface area contributed by atoms with Crippen LogP contribution in [-0.4, -0.2) is 87.4 Å². The Morgan fingerprint density at radius 1 is 0.531 bits per heavy atom. The summed E-state index contributed by atoms with van der Waals surface area (Å²) in [7, 11) is 0. The smallest absolute Gasteiger partial charge is 0.320 e. The molecule has 0 aliphatic rings. The fourth-order valence-electron chi connectivity index (χ4n) is 5.19. The van der Waals surface area contributed by atoms with Crippen LogP contribution in [-0.2, 0) is 33.4 Å². The van der Waals surface area contributed by atoms with E-state index in [1.165, 1.54) is 70.6 Å². The standard InChI is InChI=1S/C37H71N3O8.H2S/c1-2-3-4-5-6-7-8-9-10-11-12-13-17-22-35(42)39-25-18-27-46-29-31-48-32-30-47-28-19-26-40-36(43)24-23-33(41)20-15-14-16-21-34(38)37(44)45;/h34H,2-32,38H2,1H3,(H,39,42)(H,40,43)(H,44,45);1H2/t34-;/m0./s1. The quantitative estimate of drug-likeness (QED) is 0.0532. The number of nitrogens with one attached hydrogen (secondary N) is 2. The van der Waals surface area contributed by atoms with Gasteiger partial charge in [0.05, 0.1) is 26.4 Å². The summed E-state index contributed by atoms with van der Waals surface area (Å²) in [5.74, 6) is -0.972. The zero-order chi connectivity index (χ0) is 35.3. The van der Waals surface area contributed by atoms with E-state index in [1.54, 1.807) is 0 Å². The number of nitrogens with two attached hydrogens (primary N) is 1. The predicted molar refractivity (Wildman–Crippen MR) is 201 cm³/mol. The lowest BCUT2D eigenvalue weighted by atomic mass is 10.0. The molecule has 0 fully saturated rings. The van der Waals surface area contributed by atoms with Crippen LogP contribution in [0.2, 0.25) is 0 Å². The summed E-state index contributed by atoms with van der Waals surface area (Å²) in [5, 5.41) is 14.5. The van der Waals surface area contributed by atoms with Gasteiger partial charge in [-0.25, -0.2) is 0 Å². The van der Waals surface area contributed by atoms with Crippen molar-refractivity contribution in [2.45, 2.75) is 161 Å². The molecule has 0 aliphatic heterocycles. The number of hydrogen-bond donors (Lipinski definition) is 4. The molecule has 0 aromatic rings. The van der Waals surface area contributed by atoms with Gasteiger partial charge in [0, 0.05) is 52.0 Å². The molecular weight excluding hydrogens is 646 g/mol. The molecule has 290 valence electrons. The first-order chi connectivity index (χ1) is 23.4. The number of amides is 2. The van der Waals surface area contributed by atoms with Gasteiger partial charge in [-0.1, -0.05) is 96.8 Å². The maximum absolute atomic E-state index is 12.0. The second-order valence-electron chi connectivity index (χ2n) is 12.8. The van der Waals surface area contributed by atoms with Crippen LogP contribution < -0.4 is 16.4 Å². The van der Waals surface area contributed by atoms with E-state index in [-0.39, 0.29) is 43.9 Å². The summed E-state index contributed by atoms with van der Waals surface area (Å²) < 4.78 is 16.6. The van der Waals surface area contributed by atoms with E-state index in [0.717, 1.165) is 25.7 Å². The fourth-order valence-corrected chi connectivity index (χ4v) is 5.19. The average molecular weight is 720 g/mol. The molecule has 0 saturated carbocycles. The highest BCUT2D eigenvalue weighted by Crippen LogP contribution is 2.13. The molecule has 5 N–H and O–H groups in total. The van der Waals surface area contributed by atoms with Gasteiger partial charge in [-0.3, -0.25) is 19.2 Å². The SMILES string of the molecule is CCCCCCCCCCCCCCCC(=O)NCCCOCCOCCOCCCNC(=O)CCC(=O)CCCCC[C@H](N)C(=O)O.S. The van der Waals surface area contributed by atoms with E-state index < -0.39 is 12.0 Å². The first-order valence-electron chi connectivity index (χ1n) is 19.1. The Morgan fingerprint density at radius 2 is 0.939 bits per heavy atom. The molecule has 0 aromatic heterocycles. The number of ketones is 1. The Labute approximate surface area is 304 Å².